The molecule has 1 heterocycles. The van der Waals surface area contributed by atoms with E-state index in [9.17, 15) is 9.90 Å². The molecule has 0 aliphatic heterocycles. The first-order valence-electron chi connectivity index (χ1n) is 7.12. The highest BCUT2D eigenvalue weighted by atomic mass is 35.5. The van der Waals surface area contributed by atoms with Gasteiger partial charge in [-0.2, -0.15) is 0 Å². The maximum atomic E-state index is 11.5. The number of benzene rings is 1. The van der Waals surface area contributed by atoms with Crippen LogP contribution in [0.5, 0.6) is 5.75 Å². The lowest BCUT2D eigenvalue weighted by atomic mass is 10.1. The van der Waals surface area contributed by atoms with Gasteiger partial charge in [-0.05, 0) is 32.4 Å². The summed E-state index contributed by atoms with van der Waals surface area (Å²) in [5.74, 6) is -0.679. The maximum absolute atomic E-state index is 11.5. The van der Waals surface area contributed by atoms with Crippen molar-refractivity contribution < 1.29 is 14.6 Å². The minimum atomic E-state index is -1.03. The molecule has 0 unspecified atom stereocenters. The average Bonchev–Trinajstić information content (AvgIpc) is 2.46. The van der Waals surface area contributed by atoms with E-state index in [2.05, 4.69) is 4.98 Å². The van der Waals surface area contributed by atoms with E-state index in [0.29, 0.717) is 28.6 Å². The second-order valence-electron chi connectivity index (χ2n) is 5.16. The molecule has 0 aliphatic carbocycles. The summed E-state index contributed by atoms with van der Waals surface area (Å²) in [4.78, 5) is 16.0. The van der Waals surface area contributed by atoms with Crippen LogP contribution in [0.15, 0.2) is 30.3 Å². The Morgan fingerprint density at radius 1 is 1.32 bits per heavy atom. The highest BCUT2D eigenvalue weighted by Crippen LogP contribution is 2.30. The number of nitrogens with zero attached hydrogens (tertiary/aromatic N) is 1. The molecule has 4 nitrogen and oxygen atoms in total. The zero-order valence-electron chi connectivity index (χ0n) is 12.8. The highest BCUT2D eigenvalue weighted by Gasteiger charge is 2.20. The van der Waals surface area contributed by atoms with Crippen molar-refractivity contribution >= 4 is 17.6 Å². The molecule has 0 spiro atoms. The second-order valence-corrected chi connectivity index (χ2v) is 5.60. The lowest BCUT2D eigenvalue weighted by Crippen LogP contribution is -2.13. The zero-order chi connectivity index (χ0) is 16.3. The van der Waals surface area contributed by atoms with Gasteiger partial charge in [0.25, 0.3) is 0 Å². The Hall–Kier alpha value is -2.07. The number of pyridine rings is 1. The van der Waals surface area contributed by atoms with Crippen LogP contribution in [0.2, 0.25) is 5.02 Å². The molecule has 0 bridgehead atoms. The summed E-state index contributed by atoms with van der Waals surface area (Å²) in [6, 6.07) is 8.93. The number of aromatic nitrogens is 1. The third-order valence-corrected chi connectivity index (χ3v) is 3.36. The second kappa shape index (κ2) is 6.79. The third kappa shape index (κ3) is 3.57. The smallest absolute Gasteiger partial charge is 0.341 e. The first-order valence-corrected chi connectivity index (χ1v) is 7.50. The largest absolute Gasteiger partial charge is 0.490 e. The van der Waals surface area contributed by atoms with Crippen molar-refractivity contribution in [2.75, 3.05) is 0 Å². The molecule has 1 aromatic carbocycles. The van der Waals surface area contributed by atoms with Crippen LogP contribution in [0.25, 0.3) is 11.3 Å². The minimum absolute atomic E-state index is 0.122. The SMILES string of the molecule is CCc1nc(-c2ccc(Cl)cc2)cc(OC(C)C)c1C(=O)O. The summed E-state index contributed by atoms with van der Waals surface area (Å²) in [6.07, 6.45) is 0.389. The molecule has 0 fully saturated rings. The molecular weight excluding hydrogens is 302 g/mol. The van der Waals surface area contributed by atoms with E-state index in [-0.39, 0.29) is 11.7 Å². The molecule has 1 aromatic heterocycles. The molecule has 0 radical (unpaired) electrons. The molecule has 2 aromatic rings. The zero-order valence-corrected chi connectivity index (χ0v) is 13.5. The highest BCUT2D eigenvalue weighted by molar-refractivity contribution is 6.30. The normalized spacial score (nSPS) is 10.8. The number of hydrogen-bond donors (Lipinski definition) is 1. The summed E-state index contributed by atoms with van der Waals surface area (Å²) < 4.78 is 5.69. The summed E-state index contributed by atoms with van der Waals surface area (Å²) >= 11 is 5.90. The number of aryl methyl sites for hydroxylation is 1. The first kappa shape index (κ1) is 16.3. The summed E-state index contributed by atoms with van der Waals surface area (Å²) in [7, 11) is 0. The number of hydrogen-bond acceptors (Lipinski definition) is 3. The molecule has 0 amide bonds. The molecule has 0 atom stereocenters. The van der Waals surface area contributed by atoms with E-state index in [1.807, 2.05) is 32.9 Å². The van der Waals surface area contributed by atoms with Crippen molar-refractivity contribution in [1.29, 1.82) is 0 Å². The molecule has 0 aliphatic rings. The Balaban J connectivity index is 2.61. The van der Waals surface area contributed by atoms with Gasteiger partial charge >= 0.3 is 5.97 Å². The van der Waals surface area contributed by atoms with Crippen LogP contribution in [0.3, 0.4) is 0 Å². The van der Waals surface area contributed by atoms with E-state index in [1.165, 1.54) is 0 Å². The minimum Gasteiger partial charge on any atom is -0.490 e. The maximum Gasteiger partial charge on any atom is 0.341 e. The molecule has 0 saturated carbocycles. The van der Waals surface area contributed by atoms with Crippen LogP contribution >= 0.6 is 11.6 Å². The Morgan fingerprint density at radius 3 is 2.45 bits per heavy atom. The van der Waals surface area contributed by atoms with Gasteiger partial charge in [0, 0.05) is 16.7 Å². The van der Waals surface area contributed by atoms with Gasteiger partial charge in [-0.1, -0.05) is 30.7 Å². The molecule has 116 valence electrons. The van der Waals surface area contributed by atoms with Gasteiger partial charge < -0.3 is 9.84 Å². The lowest BCUT2D eigenvalue weighted by Gasteiger charge is -2.16. The number of carboxylic acid groups (broad SMARTS) is 1. The van der Waals surface area contributed by atoms with E-state index >= 15 is 0 Å². The average molecular weight is 320 g/mol. The van der Waals surface area contributed by atoms with Gasteiger partial charge in [-0.25, -0.2) is 4.79 Å². The number of ether oxygens (including phenoxy) is 1. The van der Waals surface area contributed by atoms with Crippen molar-refractivity contribution in [2.45, 2.75) is 33.3 Å². The van der Waals surface area contributed by atoms with Crippen molar-refractivity contribution in [3.63, 3.8) is 0 Å². The van der Waals surface area contributed by atoms with Crippen LogP contribution in [0.1, 0.15) is 36.8 Å². The predicted octanol–water partition coefficient (Wildman–Crippen LogP) is 4.45. The Labute approximate surface area is 134 Å². The topological polar surface area (TPSA) is 59.4 Å². The van der Waals surface area contributed by atoms with Crippen LogP contribution in [0.4, 0.5) is 0 Å². The van der Waals surface area contributed by atoms with Gasteiger partial charge in [0.1, 0.15) is 11.3 Å². The summed E-state index contributed by atoms with van der Waals surface area (Å²) in [5, 5.41) is 10.1. The quantitative estimate of drug-likeness (QED) is 0.884. The molecule has 5 heteroatoms. The van der Waals surface area contributed by atoms with Gasteiger partial charge in [0.05, 0.1) is 17.5 Å². The van der Waals surface area contributed by atoms with Crippen molar-refractivity contribution in [3.8, 4) is 17.0 Å². The number of halogens is 1. The van der Waals surface area contributed by atoms with Crippen LogP contribution < -0.4 is 4.74 Å². The van der Waals surface area contributed by atoms with Crippen LogP contribution in [-0.4, -0.2) is 22.2 Å². The number of rotatable bonds is 5. The fourth-order valence-corrected chi connectivity index (χ4v) is 2.30. The Bertz CT molecular complexity index is 681. The van der Waals surface area contributed by atoms with E-state index in [0.717, 1.165) is 5.56 Å². The Morgan fingerprint density at radius 2 is 1.95 bits per heavy atom. The molecular formula is C17H18ClNO3. The molecule has 2 rings (SSSR count). The van der Waals surface area contributed by atoms with Gasteiger partial charge in [0.2, 0.25) is 0 Å². The predicted molar refractivity (Wildman–Crippen MR) is 86.8 cm³/mol. The van der Waals surface area contributed by atoms with Crippen molar-refractivity contribution in [1.82, 2.24) is 4.98 Å². The fraction of sp³-hybridized carbons (Fsp3) is 0.294. The van der Waals surface area contributed by atoms with Gasteiger partial charge in [-0.3, -0.25) is 4.98 Å². The monoisotopic (exact) mass is 319 g/mol. The standard InChI is InChI=1S/C17H18ClNO3/c1-4-13-16(17(20)21)15(22-10(2)3)9-14(19-13)11-5-7-12(18)8-6-11/h5-10H,4H2,1-3H3,(H,20,21). The van der Waals surface area contributed by atoms with Gasteiger partial charge in [-0.15, -0.1) is 0 Å². The summed E-state index contributed by atoms with van der Waals surface area (Å²) in [6.45, 7) is 5.60. The van der Waals surface area contributed by atoms with Gasteiger partial charge in [0.15, 0.2) is 0 Å². The lowest BCUT2D eigenvalue weighted by molar-refractivity contribution is 0.0688. The van der Waals surface area contributed by atoms with E-state index in [4.69, 9.17) is 16.3 Å². The molecule has 1 N–H and O–H groups in total. The Kier molecular flexibility index (Phi) is 5.03. The summed E-state index contributed by atoms with van der Waals surface area (Å²) in [5.41, 5.74) is 2.18. The van der Waals surface area contributed by atoms with Crippen LogP contribution in [-0.2, 0) is 6.42 Å². The third-order valence-electron chi connectivity index (χ3n) is 3.11. The number of aromatic carboxylic acids is 1. The van der Waals surface area contributed by atoms with E-state index < -0.39 is 5.97 Å². The fourth-order valence-electron chi connectivity index (χ4n) is 2.17. The van der Waals surface area contributed by atoms with Crippen molar-refractivity contribution in [3.05, 3.63) is 46.6 Å². The number of carboxylic acids is 1. The molecule has 0 saturated heterocycles. The van der Waals surface area contributed by atoms with Crippen molar-refractivity contribution in [2.24, 2.45) is 0 Å². The first-order chi connectivity index (χ1) is 10.4. The number of carbonyl (C=O) groups is 1. The molecule has 22 heavy (non-hydrogen) atoms. The van der Waals surface area contributed by atoms with E-state index in [1.54, 1.807) is 18.2 Å². The van der Waals surface area contributed by atoms with Crippen LogP contribution in [0, 0.1) is 0 Å².